The summed E-state index contributed by atoms with van der Waals surface area (Å²) in [7, 11) is 0. The summed E-state index contributed by atoms with van der Waals surface area (Å²) in [5, 5.41) is 13.7. The molecule has 2 aromatic heterocycles. The van der Waals surface area contributed by atoms with Gasteiger partial charge in [-0.15, -0.1) is 0 Å². The highest BCUT2D eigenvalue weighted by molar-refractivity contribution is 5.27. The molecule has 1 aliphatic rings. The molecule has 0 spiro atoms. The Bertz CT molecular complexity index is 635. The standard InChI is InChI=1S/C15H21N5O2/c1-11-3-4-14(21)13(16-11)9-19-5-7-20(8-6-19)10-15-17-12(2)18-22-15/h3-4,21H,5-10H2,1-2H3. The molecule has 2 aromatic rings. The molecule has 1 aliphatic heterocycles. The van der Waals surface area contributed by atoms with Crippen LogP contribution in [0.4, 0.5) is 0 Å². The van der Waals surface area contributed by atoms with Crippen LogP contribution in [0, 0.1) is 13.8 Å². The summed E-state index contributed by atoms with van der Waals surface area (Å²) in [5.74, 6) is 1.62. The maximum Gasteiger partial charge on any atom is 0.240 e. The monoisotopic (exact) mass is 303 g/mol. The van der Waals surface area contributed by atoms with Gasteiger partial charge in [-0.25, -0.2) is 0 Å². The Morgan fingerprint density at radius 2 is 1.73 bits per heavy atom. The first-order valence-corrected chi connectivity index (χ1v) is 7.49. The summed E-state index contributed by atoms with van der Waals surface area (Å²) in [4.78, 5) is 13.3. The lowest BCUT2D eigenvalue weighted by molar-refractivity contribution is 0.110. The van der Waals surface area contributed by atoms with Crippen LogP contribution in [-0.4, -0.2) is 56.2 Å². The zero-order valence-corrected chi connectivity index (χ0v) is 13.0. The van der Waals surface area contributed by atoms with E-state index in [1.807, 2.05) is 19.9 Å². The molecule has 0 radical (unpaired) electrons. The fourth-order valence-corrected chi connectivity index (χ4v) is 2.63. The van der Waals surface area contributed by atoms with Gasteiger partial charge in [0.15, 0.2) is 5.82 Å². The SMILES string of the molecule is Cc1ccc(O)c(CN2CCN(Cc3nc(C)no3)CC2)n1. The predicted molar refractivity (Wildman–Crippen MR) is 80.2 cm³/mol. The van der Waals surface area contributed by atoms with E-state index in [1.54, 1.807) is 6.07 Å². The molecule has 0 aliphatic carbocycles. The van der Waals surface area contributed by atoms with E-state index in [9.17, 15) is 5.11 Å². The third-order valence-electron chi connectivity index (χ3n) is 3.86. The number of rotatable bonds is 4. The zero-order valence-electron chi connectivity index (χ0n) is 13.0. The predicted octanol–water partition coefficient (Wildman–Crippen LogP) is 1.10. The second kappa shape index (κ2) is 6.41. The number of hydrogen-bond acceptors (Lipinski definition) is 7. The van der Waals surface area contributed by atoms with Gasteiger partial charge in [0.2, 0.25) is 5.89 Å². The van der Waals surface area contributed by atoms with Gasteiger partial charge in [-0.3, -0.25) is 14.8 Å². The molecule has 0 amide bonds. The van der Waals surface area contributed by atoms with Crippen LogP contribution in [0.3, 0.4) is 0 Å². The summed E-state index contributed by atoms with van der Waals surface area (Å²) in [6.45, 7) is 8.88. The zero-order chi connectivity index (χ0) is 15.5. The molecule has 22 heavy (non-hydrogen) atoms. The van der Waals surface area contributed by atoms with Crippen molar-refractivity contribution in [3.63, 3.8) is 0 Å². The normalized spacial score (nSPS) is 17.0. The van der Waals surface area contributed by atoms with Gasteiger partial charge in [0.1, 0.15) is 5.75 Å². The Balaban J connectivity index is 1.52. The molecule has 0 atom stereocenters. The maximum atomic E-state index is 9.89. The smallest absolute Gasteiger partial charge is 0.240 e. The van der Waals surface area contributed by atoms with Crippen molar-refractivity contribution in [2.75, 3.05) is 26.2 Å². The number of aromatic hydroxyl groups is 1. The van der Waals surface area contributed by atoms with E-state index < -0.39 is 0 Å². The molecule has 3 heterocycles. The quantitative estimate of drug-likeness (QED) is 0.906. The number of aryl methyl sites for hydroxylation is 2. The van der Waals surface area contributed by atoms with Crippen molar-refractivity contribution in [2.24, 2.45) is 0 Å². The van der Waals surface area contributed by atoms with E-state index in [4.69, 9.17) is 4.52 Å². The summed E-state index contributed by atoms with van der Waals surface area (Å²) in [6, 6.07) is 3.54. The van der Waals surface area contributed by atoms with Gasteiger partial charge in [0.25, 0.3) is 0 Å². The molecule has 1 N–H and O–H groups in total. The Hall–Kier alpha value is -1.99. The third kappa shape index (κ3) is 3.61. The number of nitrogens with zero attached hydrogens (tertiary/aromatic N) is 5. The molecule has 7 nitrogen and oxygen atoms in total. The van der Waals surface area contributed by atoms with Gasteiger partial charge < -0.3 is 9.63 Å². The second-order valence-electron chi connectivity index (χ2n) is 5.71. The molecule has 118 valence electrons. The van der Waals surface area contributed by atoms with Crippen molar-refractivity contribution >= 4 is 0 Å². The summed E-state index contributed by atoms with van der Waals surface area (Å²) in [6.07, 6.45) is 0. The molecular weight excluding hydrogens is 282 g/mol. The van der Waals surface area contributed by atoms with Crippen LogP contribution in [0.1, 0.15) is 23.1 Å². The van der Waals surface area contributed by atoms with E-state index in [0.717, 1.165) is 37.6 Å². The van der Waals surface area contributed by atoms with Crippen molar-refractivity contribution in [2.45, 2.75) is 26.9 Å². The summed E-state index contributed by atoms with van der Waals surface area (Å²) in [5.41, 5.74) is 1.68. The van der Waals surface area contributed by atoms with E-state index in [2.05, 4.69) is 24.9 Å². The molecule has 1 fully saturated rings. The third-order valence-corrected chi connectivity index (χ3v) is 3.86. The van der Waals surface area contributed by atoms with Crippen LogP contribution in [0.25, 0.3) is 0 Å². The van der Waals surface area contributed by atoms with Gasteiger partial charge in [-0.2, -0.15) is 4.98 Å². The number of aromatic nitrogens is 3. The van der Waals surface area contributed by atoms with Crippen molar-refractivity contribution in [3.8, 4) is 5.75 Å². The lowest BCUT2D eigenvalue weighted by atomic mass is 10.2. The molecule has 0 aromatic carbocycles. The number of pyridine rings is 1. The highest BCUT2D eigenvalue weighted by Crippen LogP contribution is 2.18. The highest BCUT2D eigenvalue weighted by atomic mass is 16.5. The molecule has 7 heteroatoms. The van der Waals surface area contributed by atoms with Crippen LogP contribution in [0.5, 0.6) is 5.75 Å². The molecule has 1 saturated heterocycles. The van der Waals surface area contributed by atoms with Crippen LogP contribution in [-0.2, 0) is 13.1 Å². The summed E-state index contributed by atoms with van der Waals surface area (Å²) >= 11 is 0. The minimum Gasteiger partial charge on any atom is -0.506 e. The fourth-order valence-electron chi connectivity index (χ4n) is 2.63. The second-order valence-corrected chi connectivity index (χ2v) is 5.71. The number of piperazine rings is 1. The van der Waals surface area contributed by atoms with Crippen molar-refractivity contribution in [3.05, 3.63) is 35.2 Å². The van der Waals surface area contributed by atoms with Crippen LogP contribution >= 0.6 is 0 Å². The lowest BCUT2D eigenvalue weighted by Crippen LogP contribution is -2.45. The average molecular weight is 303 g/mol. The van der Waals surface area contributed by atoms with Crippen molar-refractivity contribution < 1.29 is 9.63 Å². The lowest BCUT2D eigenvalue weighted by Gasteiger charge is -2.33. The van der Waals surface area contributed by atoms with Gasteiger partial charge in [0.05, 0.1) is 12.2 Å². The van der Waals surface area contributed by atoms with Crippen LogP contribution in [0.2, 0.25) is 0 Å². The van der Waals surface area contributed by atoms with Crippen LogP contribution < -0.4 is 0 Å². The van der Waals surface area contributed by atoms with Gasteiger partial charge in [0, 0.05) is 38.4 Å². The van der Waals surface area contributed by atoms with E-state index in [1.165, 1.54) is 0 Å². The van der Waals surface area contributed by atoms with E-state index in [-0.39, 0.29) is 5.75 Å². The Morgan fingerprint density at radius 1 is 1.05 bits per heavy atom. The van der Waals surface area contributed by atoms with Gasteiger partial charge in [-0.05, 0) is 26.0 Å². The van der Waals surface area contributed by atoms with E-state index in [0.29, 0.717) is 24.8 Å². The first-order valence-electron chi connectivity index (χ1n) is 7.49. The first kappa shape index (κ1) is 14.9. The Kier molecular flexibility index (Phi) is 4.35. The molecule has 0 unspecified atom stereocenters. The first-order chi connectivity index (χ1) is 10.6. The molecule has 0 saturated carbocycles. The van der Waals surface area contributed by atoms with Gasteiger partial charge >= 0.3 is 0 Å². The average Bonchev–Trinajstić information content (AvgIpc) is 2.90. The largest absolute Gasteiger partial charge is 0.506 e. The minimum atomic E-state index is 0.273. The molecule has 3 rings (SSSR count). The summed E-state index contributed by atoms with van der Waals surface area (Å²) < 4.78 is 5.16. The topological polar surface area (TPSA) is 78.5 Å². The Labute approximate surface area is 129 Å². The fraction of sp³-hybridized carbons (Fsp3) is 0.533. The Morgan fingerprint density at radius 3 is 2.36 bits per heavy atom. The van der Waals surface area contributed by atoms with Crippen molar-refractivity contribution in [1.82, 2.24) is 24.9 Å². The van der Waals surface area contributed by atoms with Gasteiger partial charge in [-0.1, -0.05) is 5.16 Å². The number of hydrogen-bond donors (Lipinski definition) is 1. The molecule has 0 bridgehead atoms. The minimum absolute atomic E-state index is 0.273. The molecular formula is C15H21N5O2. The maximum absolute atomic E-state index is 9.89. The highest BCUT2D eigenvalue weighted by Gasteiger charge is 2.20. The van der Waals surface area contributed by atoms with Crippen molar-refractivity contribution in [1.29, 1.82) is 0 Å². The van der Waals surface area contributed by atoms with E-state index >= 15 is 0 Å². The van der Waals surface area contributed by atoms with Crippen LogP contribution in [0.15, 0.2) is 16.7 Å².